The Balaban J connectivity index is 2.77. The van der Waals surface area contributed by atoms with E-state index in [1.54, 1.807) is 11.0 Å². The van der Waals surface area contributed by atoms with E-state index in [4.69, 9.17) is 18.0 Å². The Morgan fingerprint density at radius 3 is 2.48 bits per heavy atom. The van der Waals surface area contributed by atoms with Gasteiger partial charge in [0, 0.05) is 25.2 Å². The fourth-order valence-electron chi connectivity index (χ4n) is 2.17. The van der Waals surface area contributed by atoms with Crippen molar-refractivity contribution < 1.29 is 9.18 Å². The second kappa shape index (κ2) is 8.05. The van der Waals surface area contributed by atoms with Crippen LogP contribution in [0.25, 0.3) is 0 Å². The van der Waals surface area contributed by atoms with Crippen molar-refractivity contribution in [2.24, 2.45) is 5.73 Å². The first-order chi connectivity index (χ1) is 9.88. The predicted octanol–water partition coefficient (Wildman–Crippen LogP) is 1.76. The van der Waals surface area contributed by atoms with Crippen molar-refractivity contribution in [1.82, 2.24) is 9.80 Å². The number of amides is 1. The summed E-state index contributed by atoms with van der Waals surface area (Å²) in [6.07, 6.45) is 0. The van der Waals surface area contributed by atoms with Gasteiger partial charge in [0.2, 0.25) is 5.91 Å². The summed E-state index contributed by atoms with van der Waals surface area (Å²) in [5.41, 5.74) is 6.96. The van der Waals surface area contributed by atoms with Crippen LogP contribution in [0.1, 0.15) is 25.0 Å². The number of hydrogen-bond acceptors (Lipinski definition) is 3. The van der Waals surface area contributed by atoms with Crippen molar-refractivity contribution >= 4 is 23.1 Å². The van der Waals surface area contributed by atoms with E-state index in [0.29, 0.717) is 31.7 Å². The molecule has 0 heterocycles. The van der Waals surface area contributed by atoms with Crippen molar-refractivity contribution in [2.45, 2.75) is 20.4 Å². The molecule has 1 rings (SSSR count). The molecule has 0 spiro atoms. The van der Waals surface area contributed by atoms with E-state index in [2.05, 4.69) is 0 Å². The Morgan fingerprint density at radius 1 is 1.33 bits per heavy atom. The van der Waals surface area contributed by atoms with E-state index in [0.717, 1.165) is 5.56 Å². The average Bonchev–Trinajstić information content (AvgIpc) is 2.41. The zero-order chi connectivity index (χ0) is 16.0. The summed E-state index contributed by atoms with van der Waals surface area (Å²) in [7, 11) is 1.84. The fraction of sp³-hybridized carbons (Fsp3) is 0.467. The highest BCUT2D eigenvalue weighted by atomic mass is 32.1. The number of hydrogen-bond donors (Lipinski definition) is 1. The second-order valence-electron chi connectivity index (χ2n) is 4.90. The highest BCUT2D eigenvalue weighted by molar-refractivity contribution is 7.80. The standard InChI is InChI=1S/C15H22FN3OS/c1-4-19(5-2)14(20)10-18(3)9-11-6-7-12(16)8-13(11)15(17)21/h6-8H,4-5,9-10H2,1-3H3,(H2,17,21). The van der Waals surface area contributed by atoms with Crippen LogP contribution in [-0.4, -0.2) is 47.4 Å². The Labute approximate surface area is 130 Å². The van der Waals surface area contributed by atoms with Gasteiger partial charge in [0.05, 0.1) is 6.54 Å². The summed E-state index contributed by atoms with van der Waals surface area (Å²) in [4.78, 5) is 15.9. The van der Waals surface area contributed by atoms with Crippen molar-refractivity contribution in [1.29, 1.82) is 0 Å². The summed E-state index contributed by atoms with van der Waals surface area (Å²) >= 11 is 4.95. The minimum Gasteiger partial charge on any atom is -0.389 e. The predicted molar refractivity (Wildman–Crippen MR) is 86.5 cm³/mol. The summed E-state index contributed by atoms with van der Waals surface area (Å²) < 4.78 is 13.3. The summed E-state index contributed by atoms with van der Waals surface area (Å²) in [5, 5.41) is 0. The topological polar surface area (TPSA) is 49.6 Å². The molecule has 0 unspecified atom stereocenters. The van der Waals surface area contributed by atoms with E-state index in [-0.39, 0.29) is 16.7 Å². The largest absolute Gasteiger partial charge is 0.389 e. The first-order valence-corrected chi connectivity index (χ1v) is 7.34. The number of rotatable bonds is 7. The van der Waals surface area contributed by atoms with Gasteiger partial charge >= 0.3 is 0 Å². The van der Waals surface area contributed by atoms with Crippen LogP contribution < -0.4 is 5.73 Å². The number of thiocarbonyl (C=S) groups is 1. The van der Waals surface area contributed by atoms with E-state index in [1.807, 2.05) is 25.8 Å². The maximum atomic E-state index is 13.3. The molecule has 116 valence electrons. The molecule has 0 aromatic heterocycles. The molecule has 6 heteroatoms. The summed E-state index contributed by atoms with van der Waals surface area (Å²) in [6, 6.07) is 4.36. The van der Waals surface area contributed by atoms with Crippen LogP contribution in [0.15, 0.2) is 18.2 Å². The summed E-state index contributed by atoms with van der Waals surface area (Å²) in [5.74, 6) is -0.301. The molecule has 0 fully saturated rings. The van der Waals surface area contributed by atoms with Gasteiger partial charge in [0.15, 0.2) is 0 Å². The third kappa shape index (κ3) is 5.06. The zero-order valence-corrected chi connectivity index (χ0v) is 13.5. The first-order valence-electron chi connectivity index (χ1n) is 6.93. The molecule has 2 N–H and O–H groups in total. The van der Waals surface area contributed by atoms with E-state index < -0.39 is 0 Å². The fourth-order valence-corrected chi connectivity index (χ4v) is 2.36. The van der Waals surface area contributed by atoms with Crippen LogP contribution >= 0.6 is 12.2 Å². The molecule has 1 aromatic carbocycles. The highest BCUT2D eigenvalue weighted by Gasteiger charge is 2.14. The van der Waals surface area contributed by atoms with E-state index >= 15 is 0 Å². The molecule has 0 saturated carbocycles. The smallest absolute Gasteiger partial charge is 0.236 e. The highest BCUT2D eigenvalue weighted by Crippen LogP contribution is 2.13. The number of nitrogens with two attached hydrogens (primary N) is 1. The number of carbonyl (C=O) groups is 1. The lowest BCUT2D eigenvalue weighted by Gasteiger charge is -2.23. The molecule has 0 saturated heterocycles. The molecule has 0 radical (unpaired) electrons. The van der Waals surface area contributed by atoms with Crippen molar-refractivity contribution in [2.75, 3.05) is 26.7 Å². The zero-order valence-electron chi connectivity index (χ0n) is 12.7. The normalized spacial score (nSPS) is 10.7. The van der Waals surface area contributed by atoms with Crippen molar-refractivity contribution in [3.8, 4) is 0 Å². The molecule has 0 bridgehead atoms. The monoisotopic (exact) mass is 311 g/mol. The molecule has 1 amide bonds. The van der Waals surface area contributed by atoms with Gasteiger partial charge in [0.1, 0.15) is 10.8 Å². The minimum absolute atomic E-state index is 0.0708. The van der Waals surface area contributed by atoms with Gasteiger partial charge in [-0.1, -0.05) is 18.3 Å². The van der Waals surface area contributed by atoms with E-state index in [1.165, 1.54) is 12.1 Å². The van der Waals surface area contributed by atoms with Crippen LogP contribution in [-0.2, 0) is 11.3 Å². The molecule has 0 aliphatic carbocycles. The number of carbonyl (C=O) groups excluding carboxylic acids is 1. The van der Waals surface area contributed by atoms with Crippen LogP contribution in [0.3, 0.4) is 0 Å². The van der Waals surface area contributed by atoms with Gasteiger partial charge in [-0.15, -0.1) is 0 Å². The molecule has 0 atom stereocenters. The lowest BCUT2D eigenvalue weighted by Crippen LogP contribution is -2.38. The van der Waals surface area contributed by atoms with E-state index in [9.17, 15) is 9.18 Å². The second-order valence-corrected chi connectivity index (χ2v) is 5.34. The molecule has 4 nitrogen and oxygen atoms in total. The molecule has 1 aromatic rings. The lowest BCUT2D eigenvalue weighted by atomic mass is 10.1. The Hall–Kier alpha value is -1.53. The van der Waals surface area contributed by atoms with Gasteiger partial charge in [-0.3, -0.25) is 9.69 Å². The number of nitrogens with zero attached hydrogens (tertiary/aromatic N) is 2. The Morgan fingerprint density at radius 2 is 1.95 bits per heavy atom. The lowest BCUT2D eigenvalue weighted by molar-refractivity contribution is -0.131. The SMILES string of the molecule is CCN(CC)C(=O)CN(C)Cc1ccc(F)cc1C(N)=S. The average molecular weight is 311 g/mol. The van der Waals surface area contributed by atoms with Crippen molar-refractivity contribution in [3.63, 3.8) is 0 Å². The third-order valence-electron chi connectivity index (χ3n) is 3.30. The molecular formula is C15H22FN3OS. The van der Waals surface area contributed by atoms with Gasteiger partial charge in [-0.2, -0.15) is 0 Å². The van der Waals surface area contributed by atoms with Gasteiger partial charge in [-0.05, 0) is 38.6 Å². The van der Waals surface area contributed by atoms with Crippen LogP contribution in [0.4, 0.5) is 4.39 Å². The molecule has 0 aliphatic heterocycles. The Kier molecular flexibility index (Phi) is 6.71. The van der Waals surface area contributed by atoms with Crippen LogP contribution in [0, 0.1) is 5.82 Å². The summed E-state index contributed by atoms with van der Waals surface area (Å²) in [6.45, 7) is 6.07. The molecule has 21 heavy (non-hydrogen) atoms. The van der Waals surface area contributed by atoms with Crippen molar-refractivity contribution in [3.05, 3.63) is 35.1 Å². The van der Waals surface area contributed by atoms with Crippen LogP contribution in [0.5, 0.6) is 0 Å². The Bertz CT molecular complexity index is 518. The van der Waals surface area contributed by atoms with Crippen LogP contribution in [0.2, 0.25) is 0 Å². The maximum absolute atomic E-state index is 13.3. The number of halogens is 1. The maximum Gasteiger partial charge on any atom is 0.236 e. The van der Waals surface area contributed by atoms with Gasteiger partial charge in [0.25, 0.3) is 0 Å². The third-order valence-corrected chi connectivity index (χ3v) is 3.52. The number of benzene rings is 1. The van der Waals surface area contributed by atoms with Gasteiger partial charge in [-0.25, -0.2) is 4.39 Å². The quantitative estimate of drug-likeness (QED) is 0.780. The van der Waals surface area contributed by atoms with Gasteiger partial charge < -0.3 is 10.6 Å². The first kappa shape index (κ1) is 17.5. The number of likely N-dealkylation sites (N-methyl/N-ethyl adjacent to an activating group) is 2. The minimum atomic E-state index is -0.372. The molecule has 0 aliphatic rings. The molecular weight excluding hydrogens is 289 g/mol.